The highest BCUT2D eigenvalue weighted by molar-refractivity contribution is 7.99. The van der Waals surface area contributed by atoms with Gasteiger partial charge in [-0.25, -0.2) is 4.39 Å². The molecule has 1 amide bonds. The van der Waals surface area contributed by atoms with Gasteiger partial charge in [0.05, 0.1) is 11.4 Å². The van der Waals surface area contributed by atoms with Crippen LogP contribution >= 0.6 is 11.8 Å². The molecule has 0 aliphatic rings. The van der Waals surface area contributed by atoms with Crippen LogP contribution in [-0.4, -0.2) is 32.5 Å². The topological polar surface area (TPSA) is 59.8 Å². The van der Waals surface area contributed by atoms with Crippen LogP contribution in [0.25, 0.3) is 5.69 Å². The smallest absolute Gasteiger partial charge is 0.230 e. The summed E-state index contributed by atoms with van der Waals surface area (Å²) < 4.78 is 15.4. The van der Waals surface area contributed by atoms with Crippen LogP contribution in [0.5, 0.6) is 0 Å². The molecule has 0 radical (unpaired) electrons. The molecule has 0 bridgehead atoms. The highest BCUT2D eigenvalue weighted by atomic mass is 32.2. The summed E-state index contributed by atoms with van der Waals surface area (Å²) in [6, 6.07) is 6.58. The quantitative estimate of drug-likeness (QED) is 0.796. The number of para-hydroxylation sites is 1. The first-order valence-electron chi connectivity index (χ1n) is 7.22. The normalized spacial score (nSPS) is 10.9. The van der Waals surface area contributed by atoms with E-state index in [-0.39, 0.29) is 23.5 Å². The van der Waals surface area contributed by atoms with Crippen molar-refractivity contribution in [1.29, 1.82) is 0 Å². The van der Waals surface area contributed by atoms with Gasteiger partial charge in [0.2, 0.25) is 5.91 Å². The number of hydrogen-bond donors (Lipinski definition) is 1. The van der Waals surface area contributed by atoms with Gasteiger partial charge in [-0.15, -0.1) is 10.2 Å². The van der Waals surface area contributed by atoms with Crippen molar-refractivity contribution in [2.75, 3.05) is 5.75 Å². The van der Waals surface area contributed by atoms with Crippen LogP contribution in [-0.2, 0) is 4.79 Å². The molecule has 2 aromatic rings. The molecule has 1 aromatic heterocycles. The Kier molecular flexibility index (Phi) is 5.94. The van der Waals surface area contributed by atoms with Crippen LogP contribution in [0, 0.1) is 5.82 Å². The minimum Gasteiger partial charge on any atom is -0.353 e. The molecule has 1 heterocycles. The number of amides is 1. The van der Waals surface area contributed by atoms with Gasteiger partial charge in [-0.2, -0.15) is 0 Å². The lowest BCUT2D eigenvalue weighted by Gasteiger charge is -2.14. The van der Waals surface area contributed by atoms with Gasteiger partial charge < -0.3 is 5.32 Å². The number of carbonyl (C=O) groups excluding carboxylic acids is 1. The molecule has 0 atom stereocenters. The zero-order valence-corrected chi connectivity index (χ0v) is 13.4. The van der Waals surface area contributed by atoms with Crippen molar-refractivity contribution < 1.29 is 9.18 Å². The van der Waals surface area contributed by atoms with E-state index >= 15 is 0 Å². The van der Waals surface area contributed by atoms with Gasteiger partial charge in [0.15, 0.2) is 5.16 Å². The molecule has 22 heavy (non-hydrogen) atoms. The van der Waals surface area contributed by atoms with Gasteiger partial charge in [-0.05, 0) is 25.0 Å². The van der Waals surface area contributed by atoms with Gasteiger partial charge in [-0.3, -0.25) is 9.36 Å². The molecule has 1 aromatic carbocycles. The van der Waals surface area contributed by atoms with Crippen molar-refractivity contribution in [3.8, 4) is 5.69 Å². The lowest BCUT2D eigenvalue weighted by atomic mass is 10.2. The number of carbonyl (C=O) groups is 1. The van der Waals surface area contributed by atoms with Crippen molar-refractivity contribution in [3.05, 3.63) is 36.4 Å². The zero-order chi connectivity index (χ0) is 15.9. The number of halogens is 1. The fourth-order valence-electron chi connectivity index (χ4n) is 2.03. The second-order valence-corrected chi connectivity index (χ2v) is 5.75. The van der Waals surface area contributed by atoms with E-state index in [2.05, 4.69) is 15.5 Å². The van der Waals surface area contributed by atoms with E-state index in [0.717, 1.165) is 12.8 Å². The van der Waals surface area contributed by atoms with E-state index in [1.807, 2.05) is 13.8 Å². The maximum Gasteiger partial charge on any atom is 0.230 e. The Labute approximate surface area is 133 Å². The number of aromatic nitrogens is 3. The predicted molar refractivity (Wildman–Crippen MR) is 84.6 cm³/mol. The summed E-state index contributed by atoms with van der Waals surface area (Å²) in [5.41, 5.74) is 0.371. The molecule has 0 saturated carbocycles. The summed E-state index contributed by atoms with van der Waals surface area (Å²) in [4.78, 5) is 11.9. The van der Waals surface area contributed by atoms with Gasteiger partial charge >= 0.3 is 0 Å². The number of nitrogens with zero attached hydrogens (tertiary/aromatic N) is 3. The Morgan fingerprint density at radius 1 is 1.36 bits per heavy atom. The first kappa shape index (κ1) is 16.5. The zero-order valence-electron chi connectivity index (χ0n) is 12.6. The SMILES string of the molecule is CCC(CC)NC(=O)CSc1nncn1-c1ccccc1F. The first-order chi connectivity index (χ1) is 10.7. The molecule has 0 fully saturated rings. The molecular formula is C15H19FN4OS. The van der Waals surface area contributed by atoms with Crippen LogP contribution in [0.2, 0.25) is 0 Å². The minimum atomic E-state index is -0.356. The van der Waals surface area contributed by atoms with E-state index in [1.54, 1.807) is 22.8 Å². The van der Waals surface area contributed by atoms with E-state index in [1.165, 1.54) is 24.2 Å². The van der Waals surface area contributed by atoms with Crippen molar-refractivity contribution in [1.82, 2.24) is 20.1 Å². The van der Waals surface area contributed by atoms with Crippen molar-refractivity contribution in [2.45, 2.75) is 37.9 Å². The van der Waals surface area contributed by atoms with E-state index < -0.39 is 0 Å². The standard InChI is InChI=1S/C15H19FN4OS/c1-3-11(4-2)18-14(21)9-22-15-19-17-10-20(15)13-8-6-5-7-12(13)16/h5-8,10-11H,3-4,9H2,1-2H3,(H,18,21). The molecule has 7 heteroatoms. The average Bonchev–Trinajstić information content (AvgIpc) is 2.99. The maximum absolute atomic E-state index is 13.8. The third kappa shape index (κ3) is 4.07. The highest BCUT2D eigenvalue weighted by Gasteiger charge is 2.14. The first-order valence-corrected chi connectivity index (χ1v) is 8.21. The van der Waals surface area contributed by atoms with Gasteiger partial charge in [-0.1, -0.05) is 37.7 Å². The largest absolute Gasteiger partial charge is 0.353 e. The summed E-state index contributed by atoms with van der Waals surface area (Å²) >= 11 is 1.24. The number of benzene rings is 1. The molecule has 0 unspecified atom stereocenters. The molecule has 118 valence electrons. The van der Waals surface area contributed by atoms with Gasteiger partial charge in [0.25, 0.3) is 0 Å². The molecule has 0 aliphatic heterocycles. The summed E-state index contributed by atoms with van der Waals surface area (Å²) in [6.45, 7) is 4.08. The second kappa shape index (κ2) is 7.93. The Morgan fingerprint density at radius 3 is 2.77 bits per heavy atom. The molecule has 2 rings (SSSR count). The van der Waals surface area contributed by atoms with E-state index in [9.17, 15) is 9.18 Å². The molecule has 5 nitrogen and oxygen atoms in total. The highest BCUT2D eigenvalue weighted by Crippen LogP contribution is 2.21. The third-order valence-electron chi connectivity index (χ3n) is 3.31. The molecule has 1 N–H and O–H groups in total. The minimum absolute atomic E-state index is 0.0539. The number of thioether (sulfide) groups is 1. The summed E-state index contributed by atoms with van der Waals surface area (Å²) in [7, 11) is 0. The van der Waals surface area contributed by atoms with Crippen molar-refractivity contribution in [2.24, 2.45) is 0 Å². The van der Waals surface area contributed by atoms with Crippen molar-refractivity contribution in [3.63, 3.8) is 0 Å². The summed E-state index contributed by atoms with van der Waals surface area (Å²) in [6.07, 6.45) is 3.25. The fraction of sp³-hybridized carbons (Fsp3) is 0.400. The van der Waals surface area contributed by atoms with Crippen LogP contribution < -0.4 is 5.32 Å². The fourth-order valence-corrected chi connectivity index (χ4v) is 2.76. The maximum atomic E-state index is 13.8. The Balaban J connectivity index is 2.02. The Morgan fingerprint density at radius 2 is 2.09 bits per heavy atom. The van der Waals surface area contributed by atoms with Crippen molar-refractivity contribution >= 4 is 17.7 Å². The Bertz CT molecular complexity index is 628. The molecule has 0 spiro atoms. The molecule has 0 aliphatic carbocycles. The van der Waals surface area contributed by atoms with Crippen LogP contribution in [0.4, 0.5) is 4.39 Å². The number of rotatable bonds is 7. The van der Waals surface area contributed by atoms with Crippen LogP contribution in [0.1, 0.15) is 26.7 Å². The van der Waals surface area contributed by atoms with E-state index in [0.29, 0.717) is 10.8 Å². The predicted octanol–water partition coefficient (Wildman–Crippen LogP) is 2.80. The lowest BCUT2D eigenvalue weighted by Crippen LogP contribution is -2.35. The van der Waals surface area contributed by atoms with Crippen LogP contribution in [0.15, 0.2) is 35.7 Å². The molecule has 0 saturated heterocycles. The monoisotopic (exact) mass is 322 g/mol. The number of hydrogen-bond acceptors (Lipinski definition) is 4. The van der Waals surface area contributed by atoms with Gasteiger partial charge in [0.1, 0.15) is 12.1 Å². The van der Waals surface area contributed by atoms with Crippen LogP contribution in [0.3, 0.4) is 0 Å². The van der Waals surface area contributed by atoms with E-state index in [4.69, 9.17) is 0 Å². The average molecular weight is 322 g/mol. The lowest BCUT2D eigenvalue weighted by molar-refractivity contribution is -0.119. The number of nitrogens with one attached hydrogen (secondary N) is 1. The van der Waals surface area contributed by atoms with Gasteiger partial charge in [0, 0.05) is 6.04 Å². The summed E-state index contributed by atoms with van der Waals surface area (Å²) in [5.74, 6) is -0.184. The molecular weight excluding hydrogens is 303 g/mol. The third-order valence-corrected chi connectivity index (χ3v) is 4.25. The second-order valence-electron chi connectivity index (χ2n) is 4.80. The summed E-state index contributed by atoms with van der Waals surface area (Å²) in [5, 5.41) is 11.2. The Hall–Kier alpha value is -1.89.